The maximum absolute atomic E-state index is 12.6. The molecule has 31 heavy (non-hydrogen) atoms. The van der Waals surface area contributed by atoms with Crippen molar-refractivity contribution in [2.24, 2.45) is 5.92 Å². The van der Waals surface area contributed by atoms with E-state index in [1.54, 1.807) is 37.3 Å². The van der Waals surface area contributed by atoms with E-state index in [0.29, 0.717) is 22.9 Å². The Morgan fingerprint density at radius 2 is 1.61 bits per heavy atom. The fourth-order valence-electron chi connectivity index (χ4n) is 3.36. The van der Waals surface area contributed by atoms with Crippen molar-refractivity contribution in [2.75, 3.05) is 17.2 Å². The molecule has 0 bridgehead atoms. The molecule has 2 amide bonds. The summed E-state index contributed by atoms with van der Waals surface area (Å²) < 4.78 is 9.70. The van der Waals surface area contributed by atoms with Gasteiger partial charge in [-0.3, -0.25) is 9.59 Å². The van der Waals surface area contributed by atoms with Gasteiger partial charge < -0.3 is 20.1 Å². The van der Waals surface area contributed by atoms with E-state index in [0.717, 1.165) is 12.8 Å². The molecule has 7 heteroatoms. The Balaban J connectivity index is 1.61. The molecule has 0 aliphatic heterocycles. The second-order valence-corrected chi connectivity index (χ2v) is 7.20. The van der Waals surface area contributed by atoms with Crippen LogP contribution in [0.15, 0.2) is 60.7 Å². The number of anilines is 2. The van der Waals surface area contributed by atoms with Gasteiger partial charge in [0, 0.05) is 5.56 Å². The number of carbonyl (C=O) groups excluding carboxylic acids is 3. The summed E-state index contributed by atoms with van der Waals surface area (Å²) in [5, 5.41) is 5.62. The van der Waals surface area contributed by atoms with E-state index < -0.39 is 6.16 Å². The number of nitrogens with one attached hydrogen (secondary N) is 2. The van der Waals surface area contributed by atoms with Gasteiger partial charge in [-0.1, -0.05) is 31.1 Å². The summed E-state index contributed by atoms with van der Waals surface area (Å²) in [6.07, 6.45) is 7.40. The quantitative estimate of drug-likeness (QED) is 0.365. The maximum Gasteiger partial charge on any atom is 0.513 e. The van der Waals surface area contributed by atoms with Crippen LogP contribution in [0.5, 0.6) is 5.75 Å². The first-order valence-corrected chi connectivity index (χ1v) is 10.4. The SMILES string of the molecule is CCOC(=O)Oc1ccc(C(=O)Nc2ccccc2NC(=O)/C=C/C2CCCC2)cc1. The van der Waals surface area contributed by atoms with E-state index in [2.05, 4.69) is 10.6 Å². The number of allylic oxidation sites excluding steroid dienone is 1. The van der Waals surface area contributed by atoms with E-state index in [1.165, 1.54) is 37.1 Å². The molecule has 0 saturated heterocycles. The number of benzene rings is 2. The fourth-order valence-corrected chi connectivity index (χ4v) is 3.36. The van der Waals surface area contributed by atoms with Gasteiger partial charge in [-0.05, 0) is 68.2 Å². The first kappa shape index (κ1) is 22.1. The number of rotatable bonds is 7. The van der Waals surface area contributed by atoms with Gasteiger partial charge in [-0.2, -0.15) is 0 Å². The van der Waals surface area contributed by atoms with Gasteiger partial charge in [-0.15, -0.1) is 0 Å². The van der Waals surface area contributed by atoms with Crippen molar-refractivity contribution < 1.29 is 23.9 Å². The first-order valence-electron chi connectivity index (χ1n) is 10.4. The van der Waals surface area contributed by atoms with Crippen LogP contribution in [-0.2, 0) is 9.53 Å². The van der Waals surface area contributed by atoms with Crippen LogP contribution in [0, 0.1) is 5.92 Å². The Hall–Kier alpha value is -3.61. The molecule has 2 aromatic rings. The summed E-state index contributed by atoms with van der Waals surface area (Å²) in [6, 6.07) is 13.1. The third-order valence-corrected chi connectivity index (χ3v) is 4.93. The van der Waals surface area contributed by atoms with Crippen molar-refractivity contribution in [3.8, 4) is 5.75 Å². The molecule has 2 N–H and O–H groups in total. The van der Waals surface area contributed by atoms with Crippen LogP contribution in [0.4, 0.5) is 16.2 Å². The highest BCUT2D eigenvalue weighted by molar-refractivity contribution is 6.08. The largest absolute Gasteiger partial charge is 0.513 e. The van der Waals surface area contributed by atoms with Crippen molar-refractivity contribution in [3.05, 3.63) is 66.2 Å². The summed E-state index contributed by atoms with van der Waals surface area (Å²) in [5.74, 6) is 0.160. The van der Waals surface area contributed by atoms with Crippen LogP contribution in [0.3, 0.4) is 0 Å². The van der Waals surface area contributed by atoms with Crippen molar-refractivity contribution in [1.82, 2.24) is 0 Å². The van der Waals surface area contributed by atoms with Crippen LogP contribution in [0.1, 0.15) is 43.0 Å². The zero-order valence-corrected chi connectivity index (χ0v) is 17.4. The highest BCUT2D eigenvalue weighted by atomic mass is 16.7. The molecule has 162 valence electrons. The standard InChI is InChI=1S/C24H26N2O5/c1-2-30-24(29)31-19-14-12-18(13-15-19)23(28)26-21-10-6-5-9-20(21)25-22(27)16-11-17-7-3-4-8-17/h5-6,9-17H,2-4,7-8H2,1H3,(H,25,27)(H,26,28)/b16-11+. The molecule has 0 aromatic heterocycles. The summed E-state index contributed by atoms with van der Waals surface area (Å²) in [6.45, 7) is 1.90. The highest BCUT2D eigenvalue weighted by Gasteiger charge is 2.13. The Kier molecular flexibility index (Phi) is 7.81. The lowest BCUT2D eigenvalue weighted by atomic mass is 10.1. The average Bonchev–Trinajstić information content (AvgIpc) is 3.28. The van der Waals surface area contributed by atoms with Gasteiger partial charge in [-0.25, -0.2) is 4.79 Å². The monoisotopic (exact) mass is 422 g/mol. The molecule has 1 aliphatic rings. The molecule has 0 unspecified atom stereocenters. The van der Waals surface area contributed by atoms with E-state index in [4.69, 9.17) is 9.47 Å². The fraction of sp³-hybridized carbons (Fsp3) is 0.292. The molecule has 1 saturated carbocycles. The third-order valence-electron chi connectivity index (χ3n) is 4.93. The van der Waals surface area contributed by atoms with Crippen LogP contribution in [0.2, 0.25) is 0 Å². The van der Waals surface area contributed by atoms with Crippen molar-refractivity contribution in [3.63, 3.8) is 0 Å². The van der Waals surface area contributed by atoms with E-state index >= 15 is 0 Å². The summed E-state index contributed by atoms with van der Waals surface area (Å²) in [5.41, 5.74) is 1.37. The average molecular weight is 422 g/mol. The highest BCUT2D eigenvalue weighted by Crippen LogP contribution is 2.26. The van der Waals surface area contributed by atoms with Crippen LogP contribution in [0.25, 0.3) is 0 Å². The Morgan fingerprint density at radius 1 is 0.968 bits per heavy atom. The molecule has 3 rings (SSSR count). The van der Waals surface area contributed by atoms with E-state index in [-0.39, 0.29) is 24.2 Å². The van der Waals surface area contributed by atoms with Crippen LogP contribution in [-0.4, -0.2) is 24.6 Å². The van der Waals surface area contributed by atoms with Crippen LogP contribution >= 0.6 is 0 Å². The number of carbonyl (C=O) groups is 3. The molecule has 1 fully saturated rings. The minimum atomic E-state index is -0.800. The second-order valence-electron chi connectivity index (χ2n) is 7.20. The first-order chi connectivity index (χ1) is 15.0. The number of amides is 2. The Bertz CT molecular complexity index is 947. The zero-order valence-electron chi connectivity index (χ0n) is 17.4. The smallest absolute Gasteiger partial charge is 0.434 e. The third kappa shape index (κ3) is 6.70. The lowest BCUT2D eigenvalue weighted by Crippen LogP contribution is -2.16. The zero-order chi connectivity index (χ0) is 22.1. The minimum absolute atomic E-state index is 0.214. The Morgan fingerprint density at radius 3 is 2.26 bits per heavy atom. The second kappa shape index (κ2) is 11.0. The van der Waals surface area contributed by atoms with Gasteiger partial charge in [0.15, 0.2) is 0 Å². The molecular formula is C24H26N2O5. The number of para-hydroxylation sites is 2. The summed E-state index contributed by atoms with van der Waals surface area (Å²) >= 11 is 0. The predicted octanol–water partition coefficient (Wildman–Crippen LogP) is 5.16. The van der Waals surface area contributed by atoms with Gasteiger partial charge in [0.25, 0.3) is 5.91 Å². The lowest BCUT2D eigenvalue weighted by molar-refractivity contribution is -0.111. The maximum atomic E-state index is 12.6. The number of ether oxygens (including phenoxy) is 2. The molecule has 1 aliphatic carbocycles. The lowest BCUT2D eigenvalue weighted by Gasteiger charge is -2.12. The van der Waals surface area contributed by atoms with E-state index in [9.17, 15) is 14.4 Å². The number of hydrogen-bond donors (Lipinski definition) is 2. The Labute approximate surface area is 181 Å². The van der Waals surface area contributed by atoms with Crippen molar-refractivity contribution >= 4 is 29.3 Å². The molecule has 0 heterocycles. The van der Waals surface area contributed by atoms with Gasteiger partial charge >= 0.3 is 6.16 Å². The van der Waals surface area contributed by atoms with Crippen molar-refractivity contribution in [2.45, 2.75) is 32.6 Å². The van der Waals surface area contributed by atoms with Gasteiger partial charge in [0.1, 0.15) is 5.75 Å². The van der Waals surface area contributed by atoms with Gasteiger partial charge in [0.05, 0.1) is 18.0 Å². The van der Waals surface area contributed by atoms with E-state index in [1.807, 2.05) is 6.08 Å². The van der Waals surface area contributed by atoms with Crippen LogP contribution < -0.4 is 15.4 Å². The topological polar surface area (TPSA) is 93.7 Å². The predicted molar refractivity (Wildman–Crippen MR) is 118 cm³/mol. The molecule has 2 aromatic carbocycles. The number of hydrogen-bond acceptors (Lipinski definition) is 5. The summed E-state index contributed by atoms with van der Waals surface area (Å²) in [4.78, 5) is 36.3. The molecule has 0 spiro atoms. The molecular weight excluding hydrogens is 396 g/mol. The molecule has 0 atom stereocenters. The normalized spacial score (nSPS) is 13.7. The molecule has 7 nitrogen and oxygen atoms in total. The molecule has 0 radical (unpaired) electrons. The van der Waals surface area contributed by atoms with Crippen molar-refractivity contribution in [1.29, 1.82) is 0 Å². The minimum Gasteiger partial charge on any atom is -0.434 e. The van der Waals surface area contributed by atoms with Gasteiger partial charge in [0.2, 0.25) is 5.91 Å². The summed E-state index contributed by atoms with van der Waals surface area (Å²) in [7, 11) is 0.